The summed E-state index contributed by atoms with van der Waals surface area (Å²) in [4.78, 5) is 12.4. The van der Waals surface area contributed by atoms with Gasteiger partial charge in [-0.3, -0.25) is 4.79 Å². The largest absolute Gasteiger partial charge is 0.440 e. The molecule has 1 atom stereocenters. The van der Waals surface area contributed by atoms with Crippen LogP contribution in [0.1, 0.15) is 33.0 Å². The summed E-state index contributed by atoms with van der Waals surface area (Å²) in [5.41, 5.74) is 10.5. The quantitative estimate of drug-likeness (QED) is 0.701. The first kappa shape index (κ1) is 18.3. The zero-order valence-corrected chi connectivity index (χ0v) is 15.8. The molecular formula is C24H19N3O2. The molecule has 3 N–H and O–H groups in total. The van der Waals surface area contributed by atoms with E-state index in [0.717, 1.165) is 16.7 Å². The van der Waals surface area contributed by atoms with Crippen LogP contribution in [0.15, 0.2) is 84.3 Å². The normalized spacial score (nSPS) is 15.1. The van der Waals surface area contributed by atoms with Crippen molar-refractivity contribution < 1.29 is 9.53 Å². The predicted molar refractivity (Wildman–Crippen MR) is 111 cm³/mol. The molecule has 1 aliphatic heterocycles. The van der Waals surface area contributed by atoms with E-state index in [2.05, 4.69) is 11.4 Å². The maximum atomic E-state index is 12.4. The monoisotopic (exact) mass is 381 g/mol. The minimum absolute atomic E-state index is 0.0807. The van der Waals surface area contributed by atoms with Crippen LogP contribution in [0, 0.1) is 18.3 Å². The van der Waals surface area contributed by atoms with E-state index in [1.165, 1.54) is 0 Å². The number of ether oxygens (including phenoxy) is 1. The van der Waals surface area contributed by atoms with E-state index in [1.807, 2.05) is 55.5 Å². The molecule has 0 saturated heterocycles. The fourth-order valence-electron chi connectivity index (χ4n) is 3.43. The number of nitrogens with zero attached hydrogens (tertiary/aromatic N) is 1. The molecule has 1 unspecified atom stereocenters. The molecule has 5 heteroatoms. The van der Waals surface area contributed by atoms with Gasteiger partial charge in [0, 0.05) is 22.9 Å². The number of hydrogen-bond acceptors (Lipinski definition) is 4. The highest BCUT2D eigenvalue weighted by molar-refractivity contribution is 6.04. The van der Waals surface area contributed by atoms with E-state index < -0.39 is 0 Å². The highest BCUT2D eigenvalue weighted by Gasteiger charge is 2.30. The van der Waals surface area contributed by atoms with Crippen molar-refractivity contribution in [3.05, 3.63) is 107 Å². The van der Waals surface area contributed by atoms with E-state index >= 15 is 0 Å². The van der Waals surface area contributed by atoms with Gasteiger partial charge in [0.2, 0.25) is 5.88 Å². The van der Waals surface area contributed by atoms with Crippen LogP contribution in [-0.2, 0) is 0 Å². The number of fused-ring (bicyclic) bond motifs is 1. The Morgan fingerprint density at radius 3 is 2.48 bits per heavy atom. The number of amides is 1. The standard InChI is InChI=1S/C24H19N3O2/c1-15-7-9-16(10-8-15)22-19-12-11-18(13-21(19)29-23(26)20(22)14-25)27-24(28)17-5-3-2-4-6-17/h2-13,22H,26H2,1H3,(H,27,28). The van der Waals surface area contributed by atoms with E-state index in [4.69, 9.17) is 10.5 Å². The number of aryl methyl sites for hydroxylation is 1. The summed E-state index contributed by atoms with van der Waals surface area (Å²) in [5, 5.41) is 12.5. The zero-order valence-electron chi connectivity index (χ0n) is 15.8. The van der Waals surface area contributed by atoms with Crippen LogP contribution in [0.2, 0.25) is 0 Å². The third-order valence-electron chi connectivity index (χ3n) is 4.92. The zero-order chi connectivity index (χ0) is 20.4. The number of benzene rings is 3. The summed E-state index contributed by atoms with van der Waals surface area (Å²) in [6.07, 6.45) is 0. The number of nitriles is 1. The highest BCUT2D eigenvalue weighted by Crippen LogP contribution is 2.43. The van der Waals surface area contributed by atoms with Gasteiger partial charge in [0.05, 0.1) is 5.92 Å². The number of nitrogens with two attached hydrogens (primary N) is 1. The lowest BCUT2D eigenvalue weighted by molar-refractivity contribution is 0.102. The number of hydrogen-bond donors (Lipinski definition) is 2. The third-order valence-corrected chi connectivity index (χ3v) is 4.92. The van der Waals surface area contributed by atoms with Gasteiger partial charge in [0.25, 0.3) is 5.91 Å². The van der Waals surface area contributed by atoms with E-state index in [9.17, 15) is 10.1 Å². The van der Waals surface area contributed by atoms with Gasteiger partial charge in [-0.25, -0.2) is 0 Å². The molecule has 0 aliphatic carbocycles. The van der Waals surface area contributed by atoms with Crippen molar-refractivity contribution >= 4 is 11.6 Å². The summed E-state index contributed by atoms with van der Waals surface area (Å²) in [6.45, 7) is 2.01. The topological polar surface area (TPSA) is 88.1 Å². The van der Waals surface area contributed by atoms with Crippen LogP contribution < -0.4 is 15.8 Å². The lowest BCUT2D eigenvalue weighted by atomic mass is 9.83. The van der Waals surface area contributed by atoms with Gasteiger partial charge < -0.3 is 15.8 Å². The second-order valence-corrected chi connectivity index (χ2v) is 6.91. The molecule has 0 saturated carbocycles. The van der Waals surface area contributed by atoms with Crippen molar-refractivity contribution in [2.75, 3.05) is 5.32 Å². The molecule has 0 spiro atoms. The Balaban J connectivity index is 1.70. The van der Waals surface area contributed by atoms with Crippen LogP contribution in [0.3, 0.4) is 0 Å². The smallest absolute Gasteiger partial charge is 0.255 e. The summed E-state index contributed by atoms with van der Waals surface area (Å²) in [6, 6.07) is 24.6. The first-order valence-electron chi connectivity index (χ1n) is 9.21. The lowest BCUT2D eigenvalue weighted by Gasteiger charge is -2.27. The Labute approximate surface area is 169 Å². The predicted octanol–water partition coefficient (Wildman–Crippen LogP) is 4.47. The van der Waals surface area contributed by atoms with Gasteiger partial charge >= 0.3 is 0 Å². The number of carbonyl (C=O) groups excluding carboxylic acids is 1. The number of carbonyl (C=O) groups is 1. The number of rotatable bonds is 3. The number of anilines is 1. The molecule has 1 aliphatic rings. The number of nitrogens with one attached hydrogen (secondary N) is 1. The molecule has 1 amide bonds. The SMILES string of the molecule is Cc1ccc(C2C(C#N)=C(N)Oc3cc(NC(=O)c4ccccc4)ccc32)cc1. The minimum Gasteiger partial charge on any atom is -0.440 e. The minimum atomic E-state index is -0.316. The van der Waals surface area contributed by atoms with Gasteiger partial charge in [-0.2, -0.15) is 5.26 Å². The maximum Gasteiger partial charge on any atom is 0.255 e. The van der Waals surface area contributed by atoms with Gasteiger partial charge in [-0.15, -0.1) is 0 Å². The molecule has 0 aromatic heterocycles. The first-order chi connectivity index (χ1) is 14.1. The van der Waals surface area contributed by atoms with Gasteiger partial charge in [-0.05, 0) is 30.7 Å². The fourth-order valence-corrected chi connectivity index (χ4v) is 3.43. The highest BCUT2D eigenvalue weighted by atomic mass is 16.5. The molecule has 5 nitrogen and oxygen atoms in total. The van der Waals surface area contributed by atoms with Crippen LogP contribution in [0.25, 0.3) is 0 Å². The molecule has 3 aromatic rings. The Bertz CT molecular complexity index is 1140. The molecular weight excluding hydrogens is 362 g/mol. The molecule has 0 fully saturated rings. The van der Waals surface area contributed by atoms with E-state index in [1.54, 1.807) is 24.3 Å². The molecule has 3 aromatic carbocycles. The fraction of sp³-hybridized carbons (Fsp3) is 0.0833. The average molecular weight is 381 g/mol. The van der Waals surface area contributed by atoms with Crippen molar-refractivity contribution in [1.29, 1.82) is 5.26 Å². The Hall–Kier alpha value is -4.04. The average Bonchev–Trinajstić information content (AvgIpc) is 2.74. The Morgan fingerprint density at radius 1 is 1.07 bits per heavy atom. The van der Waals surface area contributed by atoms with Gasteiger partial charge in [0.15, 0.2) is 0 Å². The first-order valence-corrected chi connectivity index (χ1v) is 9.21. The molecule has 0 radical (unpaired) electrons. The van der Waals surface area contributed by atoms with Crippen molar-refractivity contribution in [3.8, 4) is 11.8 Å². The summed E-state index contributed by atoms with van der Waals surface area (Å²) in [5.74, 6) is 0.0796. The molecule has 0 bridgehead atoms. The molecule has 4 rings (SSSR count). The van der Waals surface area contributed by atoms with Crippen molar-refractivity contribution in [3.63, 3.8) is 0 Å². The molecule has 142 valence electrons. The molecule has 29 heavy (non-hydrogen) atoms. The van der Waals surface area contributed by atoms with Crippen LogP contribution in [0.5, 0.6) is 5.75 Å². The Kier molecular flexibility index (Phi) is 4.76. The second-order valence-electron chi connectivity index (χ2n) is 6.91. The van der Waals surface area contributed by atoms with Crippen molar-refractivity contribution in [2.24, 2.45) is 5.73 Å². The van der Waals surface area contributed by atoms with Crippen LogP contribution >= 0.6 is 0 Å². The van der Waals surface area contributed by atoms with Crippen molar-refractivity contribution in [2.45, 2.75) is 12.8 Å². The van der Waals surface area contributed by atoms with Crippen molar-refractivity contribution in [1.82, 2.24) is 0 Å². The van der Waals surface area contributed by atoms with Gasteiger partial charge in [0.1, 0.15) is 17.4 Å². The number of allylic oxidation sites excluding steroid dienone is 1. The second kappa shape index (κ2) is 7.53. The molecule has 1 heterocycles. The summed E-state index contributed by atoms with van der Waals surface area (Å²) in [7, 11) is 0. The van der Waals surface area contributed by atoms with Gasteiger partial charge in [-0.1, -0.05) is 54.1 Å². The third kappa shape index (κ3) is 3.56. The van der Waals surface area contributed by atoms with Crippen LogP contribution in [0.4, 0.5) is 5.69 Å². The van der Waals surface area contributed by atoms with E-state index in [0.29, 0.717) is 22.6 Å². The lowest BCUT2D eigenvalue weighted by Crippen LogP contribution is -2.21. The summed E-state index contributed by atoms with van der Waals surface area (Å²) >= 11 is 0. The summed E-state index contributed by atoms with van der Waals surface area (Å²) < 4.78 is 5.72. The Morgan fingerprint density at radius 2 is 1.79 bits per heavy atom. The van der Waals surface area contributed by atoms with Crippen LogP contribution in [-0.4, -0.2) is 5.91 Å². The van der Waals surface area contributed by atoms with E-state index in [-0.39, 0.29) is 17.7 Å². The maximum absolute atomic E-state index is 12.4.